The standard InChI is InChI=1S/C13H15FO2S/c1-7(12(14)13(15)16)5-6-11-8(2)9(3)17-10(11)4/h5-6H,1-4H3,(H,15,16)/b6-5+,12-7-. The van der Waals surface area contributed by atoms with Crippen molar-refractivity contribution in [3.05, 3.63) is 38.4 Å². The van der Waals surface area contributed by atoms with Gasteiger partial charge in [0.15, 0.2) is 0 Å². The number of carboxylic acid groups (broad SMARTS) is 1. The second-order valence-electron chi connectivity index (χ2n) is 3.89. The number of hydrogen-bond donors (Lipinski definition) is 1. The number of hydrogen-bond acceptors (Lipinski definition) is 2. The fourth-order valence-corrected chi connectivity index (χ4v) is 2.56. The van der Waals surface area contributed by atoms with Crippen LogP contribution in [-0.2, 0) is 4.79 Å². The summed E-state index contributed by atoms with van der Waals surface area (Å²) in [6.45, 7) is 7.48. The Labute approximate surface area is 104 Å². The summed E-state index contributed by atoms with van der Waals surface area (Å²) in [6.07, 6.45) is 3.27. The first-order valence-electron chi connectivity index (χ1n) is 5.19. The van der Waals surface area contributed by atoms with Crippen LogP contribution in [0, 0.1) is 20.8 Å². The number of thiophene rings is 1. The number of aliphatic carboxylic acids is 1. The van der Waals surface area contributed by atoms with Crippen LogP contribution in [0.5, 0.6) is 0 Å². The zero-order chi connectivity index (χ0) is 13.2. The van der Waals surface area contributed by atoms with Crippen molar-refractivity contribution < 1.29 is 14.3 Å². The van der Waals surface area contributed by atoms with Gasteiger partial charge in [0, 0.05) is 9.75 Å². The van der Waals surface area contributed by atoms with E-state index in [2.05, 4.69) is 0 Å². The molecule has 17 heavy (non-hydrogen) atoms. The van der Waals surface area contributed by atoms with E-state index in [9.17, 15) is 9.18 Å². The minimum absolute atomic E-state index is 0.125. The number of aryl methyl sites for hydroxylation is 2. The molecule has 0 fully saturated rings. The molecule has 0 amide bonds. The Hall–Kier alpha value is -1.42. The van der Waals surface area contributed by atoms with E-state index in [0.29, 0.717) is 0 Å². The van der Waals surface area contributed by atoms with E-state index in [4.69, 9.17) is 5.11 Å². The van der Waals surface area contributed by atoms with Gasteiger partial charge in [-0.25, -0.2) is 4.79 Å². The van der Waals surface area contributed by atoms with Gasteiger partial charge in [-0.05, 0) is 44.4 Å². The molecule has 4 heteroatoms. The number of carbonyl (C=O) groups is 1. The summed E-state index contributed by atoms with van der Waals surface area (Å²) in [5.74, 6) is -2.63. The number of allylic oxidation sites excluding steroid dienone is 2. The summed E-state index contributed by atoms with van der Waals surface area (Å²) in [5.41, 5.74) is 2.33. The maximum absolute atomic E-state index is 13.1. The summed E-state index contributed by atoms with van der Waals surface area (Å²) in [4.78, 5) is 12.8. The molecule has 0 bridgehead atoms. The van der Waals surface area contributed by atoms with Crippen LogP contribution < -0.4 is 0 Å². The fraction of sp³-hybridized carbons (Fsp3) is 0.308. The van der Waals surface area contributed by atoms with Crippen LogP contribution in [0.1, 0.15) is 27.8 Å². The van der Waals surface area contributed by atoms with Crippen LogP contribution in [0.3, 0.4) is 0 Å². The van der Waals surface area contributed by atoms with E-state index in [1.165, 1.54) is 17.9 Å². The highest BCUT2D eigenvalue weighted by molar-refractivity contribution is 7.12. The molecule has 1 rings (SSSR count). The van der Waals surface area contributed by atoms with Crippen molar-refractivity contribution in [2.45, 2.75) is 27.7 Å². The normalized spacial score (nSPS) is 13.0. The predicted octanol–water partition coefficient (Wildman–Crippen LogP) is 4.01. The molecule has 0 radical (unpaired) electrons. The van der Waals surface area contributed by atoms with E-state index in [-0.39, 0.29) is 5.57 Å². The molecule has 0 aliphatic carbocycles. The van der Waals surface area contributed by atoms with Crippen molar-refractivity contribution in [1.82, 2.24) is 0 Å². The molecule has 1 heterocycles. The Balaban J connectivity index is 3.07. The first-order chi connectivity index (χ1) is 7.84. The monoisotopic (exact) mass is 254 g/mol. The Morgan fingerprint density at radius 1 is 1.29 bits per heavy atom. The third-order valence-corrected chi connectivity index (χ3v) is 3.79. The molecule has 2 nitrogen and oxygen atoms in total. The molecule has 0 aliphatic rings. The molecular formula is C13H15FO2S. The Bertz CT molecular complexity index is 510. The van der Waals surface area contributed by atoms with Crippen molar-refractivity contribution in [1.29, 1.82) is 0 Å². The first-order valence-corrected chi connectivity index (χ1v) is 6.00. The lowest BCUT2D eigenvalue weighted by Gasteiger charge is -1.96. The van der Waals surface area contributed by atoms with Crippen molar-refractivity contribution in [2.24, 2.45) is 0 Å². The maximum atomic E-state index is 13.1. The lowest BCUT2D eigenvalue weighted by Crippen LogP contribution is -1.96. The fourth-order valence-electron chi connectivity index (χ4n) is 1.51. The summed E-state index contributed by atoms with van der Waals surface area (Å²) in [6, 6.07) is 0. The van der Waals surface area contributed by atoms with E-state index >= 15 is 0 Å². The molecule has 0 aromatic carbocycles. The number of halogens is 1. The summed E-state index contributed by atoms with van der Waals surface area (Å²) in [5, 5.41) is 8.50. The van der Waals surface area contributed by atoms with Crippen LogP contribution in [0.25, 0.3) is 6.08 Å². The quantitative estimate of drug-likeness (QED) is 0.653. The van der Waals surface area contributed by atoms with E-state index in [0.717, 1.165) is 16.0 Å². The van der Waals surface area contributed by atoms with E-state index < -0.39 is 11.8 Å². The molecule has 0 aliphatic heterocycles. The lowest BCUT2D eigenvalue weighted by molar-refractivity contribution is -0.134. The van der Waals surface area contributed by atoms with Gasteiger partial charge in [0.2, 0.25) is 5.83 Å². The second kappa shape index (κ2) is 5.27. The smallest absolute Gasteiger partial charge is 0.365 e. The van der Waals surface area contributed by atoms with Gasteiger partial charge in [-0.2, -0.15) is 4.39 Å². The molecule has 0 saturated heterocycles. The Morgan fingerprint density at radius 3 is 2.29 bits per heavy atom. The number of rotatable bonds is 3. The summed E-state index contributed by atoms with van der Waals surface area (Å²) < 4.78 is 13.1. The van der Waals surface area contributed by atoms with Gasteiger partial charge in [0.1, 0.15) is 0 Å². The van der Waals surface area contributed by atoms with Crippen molar-refractivity contribution in [3.8, 4) is 0 Å². The van der Waals surface area contributed by atoms with Gasteiger partial charge in [-0.1, -0.05) is 12.2 Å². The van der Waals surface area contributed by atoms with Crippen LogP contribution in [0.4, 0.5) is 4.39 Å². The van der Waals surface area contributed by atoms with E-state index in [1.807, 2.05) is 20.8 Å². The Morgan fingerprint density at radius 2 is 1.88 bits per heavy atom. The lowest BCUT2D eigenvalue weighted by atomic mass is 10.1. The second-order valence-corrected chi connectivity index (χ2v) is 5.32. The molecule has 92 valence electrons. The SMILES string of the molecule is CC(/C=C/c1c(C)sc(C)c1C)=C(/F)C(=O)O. The molecule has 1 aromatic heterocycles. The highest BCUT2D eigenvalue weighted by Crippen LogP contribution is 2.28. The molecule has 1 aromatic rings. The van der Waals surface area contributed by atoms with Crippen molar-refractivity contribution >= 4 is 23.4 Å². The third-order valence-electron chi connectivity index (χ3n) is 2.65. The molecule has 0 saturated carbocycles. The third kappa shape index (κ3) is 3.03. The minimum atomic E-state index is -1.53. The zero-order valence-electron chi connectivity index (χ0n) is 10.3. The van der Waals surface area contributed by atoms with Crippen molar-refractivity contribution in [2.75, 3.05) is 0 Å². The van der Waals surface area contributed by atoms with Gasteiger partial charge < -0.3 is 5.11 Å². The van der Waals surface area contributed by atoms with Crippen LogP contribution in [0.15, 0.2) is 17.5 Å². The van der Waals surface area contributed by atoms with Gasteiger partial charge in [-0.15, -0.1) is 11.3 Å². The van der Waals surface area contributed by atoms with Crippen LogP contribution in [0.2, 0.25) is 0 Å². The van der Waals surface area contributed by atoms with Crippen LogP contribution in [-0.4, -0.2) is 11.1 Å². The highest BCUT2D eigenvalue weighted by atomic mass is 32.1. The van der Waals surface area contributed by atoms with Gasteiger partial charge in [0.25, 0.3) is 0 Å². The zero-order valence-corrected chi connectivity index (χ0v) is 11.1. The molecule has 0 spiro atoms. The van der Waals surface area contributed by atoms with Gasteiger partial charge >= 0.3 is 5.97 Å². The predicted molar refractivity (Wildman–Crippen MR) is 69.0 cm³/mol. The molecule has 1 N–H and O–H groups in total. The molecular weight excluding hydrogens is 239 g/mol. The first kappa shape index (κ1) is 13.6. The highest BCUT2D eigenvalue weighted by Gasteiger charge is 2.09. The average Bonchev–Trinajstić information content (AvgIpc) is 2.49. The average molecular weight is 254 g/mol. The largest absolute Gasteiger partial charge is 0.476 e. The minimum Gasteiger partial charge on any atom is -0.476 e. The maximum Gasteiger partial charge on any atom is 0.365 e. The summed E-state index contributed by atoms with van der Waals surface area (Å²) >= 11 is 1.68. The van der Waals surface area contributed by atoms with E-state index in [1.54, 1.807) is 17.4 Å². The number of carboxylic acids is 1. The summed E-state index contributed by atoms with van der Waals surface area (Å²) in [7, 11) is 0. The molecule has 0 atom stereocenters. The van der Waals surface area contributed by atoms with Crippen molar-refractivity contribution in [3.63, 3.8) is 0 Å². The Kier molecular flexibility index (Phi) is 4.23. The van der Waals surface area contributed by atoms with Gasteiger partial charge in [-0.3, -0.25) is 0 Å². The topological polar surface area (TPSA) is 37.3 Å². The van der Waals surface area contributed by atoms with Crippen LogP contribution >= 0.6 is 11.3 Å². The van der Waals surface area contributed by atoms with Gasteiger partial charge in [0.05, 0.1) is 0 Å². The molecule has 0 unspecified atom stereocenters.